The van der Waals surface area contributed by atoms with Crippen LogP contribution in [0.25, 0.3) is 0 Å². The molecule has 2 atom stereocenters. The lowest BCUT2D eigenvalue weighted by Crippen LogP contribution is -2.35. The van der Waals surface area contributed by atoms with Crippen LogP contribution >= 0.6 is 23.4 Å². The minimum atomic E-state index is -2.89. The number of halogens is 1. The lowest BCUT2D eigenvalue weighted by molar-refractivity contribution is -0.120. The van der Waals surface area contributed by atoms with Crippen molar-refractivity contribution in [1.82, 2.24) is 5.32 Å². The molecule has 2 unspecified atom stereocenters. The Kier molecular flexibility index (Phi) is 5.57. The molecule has 0 radical (unpaired) electrons. The number of carbonyl (C=O) groups is 1. The summed E-state index contributed by atoms with van der Waals surface area (Å²) in [5.41, 5.74) is 0. The van der Waals surface area contributed by atoms with Crippen LogP contribution in [0.1, 0.15) is 13.3 Å². The first-order valence-corrected chi connectivity index (χ1v) is 9.84. The Morgan fingerprint density at radius 2 is 2.19 bits per heavy atom. The molecule has 1 N–H and O–H groups in total. The maximum Gasteiger partial charge on any atom is 0.233 e. The summed E-state index contributed by atoms with van der Waals surface area (Å²) in [5, 5.41) is 3.19. The van der Waals surface area contributed by atoms with Crippen LogP contribution in [-0.4, -0.2) is 37.6 Å². The molecular formula is C14H18ClNO3S2. The van der Waals surface area contributed by atoms with Gasteiger partial charge in [0.2, 0.25) is 5.91 Å². The first-order chi connectivity index (χ1) is 9.87. The number of rotatable bonds is 5. The molecule has 0 aliphatic carbocycles. The molecular weight excluding hydrogens is 330 g/mol. The number of amides is 1. The summed E-state index contributed by atoms with van der Waals surface area (Å²) in [7, 11) is -2.89. The zero-order valence-electron chi connectivity index (χ0n) is 11.7. The van der Waals surface area contributed by atoms with Crippen molar-refractivity contribution in [2.45, 2.75) is 23.5 Å². The van der Waals surface area contributed by atoms with Gasteiger partial charge in [-0.3, -0.25) is 4.79 Å². The van der Waals surface area contributed by atoms with Gasteiger partial charge in [0.05, 0.1) is 21.8 Å². The second-order valence-corrected chi connectivity index (χ2v) is 9.22. The molecule has 1 amide bonds. The molecule has 4 nitrogen and oxygen atoms in total. The summed E-state index contributed by atoms with van der Waals surface area (Å²) in [4.78, 5) is 12.9. The third-order valence-corrected chi connectivity index (χ3v) is 6.86. The Morgan fingerprint density at radius 1 is 1.48 bits per heavy atom. The molecule has 1 saturated heterocycles. The minimum absolute atomic E-state index is 0.0384. The van der Waals surface area contributed by atoms with Crippen LogP contribution in [0.4, 0.5) is 0 Å². The summed E-state index contributed by atoms with van der Waals surface area (Å²) in [6, 6.07) is 7.39. The Labute approximate surface area is 134 Å². The van der Waals surface area contributed by atoms with E-state index in [0.717, 1.165) is 4.90 Å². The van der Waals surface area contributed by atoms with Crippen molar-refractivity contribution in [2.24, 2.45) is 5.92 Å². The first kappa shape index (κ1) is 16.6. The van der Waals surface area contributed by atoms with Crippen LogP contribution in [0.3, 0.4) is 0 Å². The third kappa shape index (κ3) is 4.90. The average Bonchev–Trinajstić information content (AvgIpc) is 2.78. The number of benzene rings is 1. The standard InChI is InChI=1S/C14H18ClNO3S2/c1-10(20-13-5-3-2-4-12(13)15)14(17)16-8-11-6-7-21(18,19)9-11/h2-5,10-11H,6-9H2,1H3,(H,16,17). The molecule has 0 aromatic heterocycles. The van der Waals surface area contributed by atoms with Gasteiger partial charge in [-0.25, -0.2) is 8.42 Å². The molecule has 2 rings (SSSR count). The first-order valence-electron chi connectivity index (χ1n) is 6.77. The predicted molar refractivity (Wildman–Crippen MR) is 86.5 cm³/mol. The molecule has 1 aromatic rings. The highest BCUT2D eigenvalue weighted by Gasteiger charge is 2.28. The Balaban J connectivity index is 1.82. The van der Waals surface area contributed by atoms with Crippen LogP contribution in [0, 0.1) is 5.92 Å². The summed E-state index contributed by atoms with van der Waals surface area (Å²) >= 11 is 7.46. The number of thioether (sulfide) groups is 1. The summed E-state index contributed by atoms with van der Waals surface area (Å²) in [5.74, 6) is 0.359. The van der Waals surface area contributed by atoms with Crippen molar-refractivity contribution in [3.8, 4) is 0 Å². The second kappa shape index (κ2) is 7.03. The predicted octanol–water partition coefficient (Wildman–Crippen LogP) is 2.37. The van der Waals surface area contributed by atoms with Crippen LogP contribution in [-0.2, 0) is 14.6 Å². The molecule has 1 aliphatic rings. The van der Waals surface area contributed by atoms with E-state index >= 15 is 0 Å². The maximum atomic E-state index is 12.1. The van der Waals surface area contributed by atoms with Gasteiger partial charge in [-0.2, -0.15) is 0 Å². The summed E-state index contributed by atoms with van der Waals surface area (Å²) in [6.45, 7) is 2.24. The van der Waals surface area contributed by atoms with Crippen LogP contribution < -0.4 is 5.32 Å². The third-order valence-electron chi connectivity index (χ3n) is 3.40. The average molecular weight is 348 g/mol. The maximum absolute atomic E-state index is 12.1. The number of hydrogen-bond donors (Lipinski definition) is 1. The van der Waals surface area contributed by atoms with Crippen LogP contribution in [0.5, 0.6) is 0 Å². The lowest BCUT2D eigenvalue weighted by atomic mass is 10.1. The number of sulfone groups is 1. The topological polar surface area (TPSA) is 63.2 Å². The van der Waals surface area contributed by atoms with Gasteiger partial charge in [-0.15, -0.1) is 11.8 Å². The number of hydrogen-bond acceptors (Lipinski definition) is 4. The van der Waals surface area contributed by atoms with E-state index in [-0.39, 0.29) is 28.6 Å². The monoisotopic (exact) mass is 347 g/mol. The molecule has 21 heavy (non-hydrogen) atoms. The number of carbonyl (C=O) groups excluding carboxylic acids is 1. The number of nitrogens with one attached hydrogen (secondary N) is 1. The van der Waals surface area contributed by atoms with Crippen molar-refractivity contribution < 1.29 is 13.2 Å². The van der Waals surface area contributed by atoms with E-state index in [9.17, 15) is 13.2 Å². The van der Waals surface area contributed by atoms with E-state index in [1.165, 1.54) is 11.8 Å². The largest absolute Gasteiger partial charge is 0.355 e. The van der Waals surface area contributed by atoms with E-state index in [2.05, 4.69) is 5.32 Å². The van der Waals surface area contributed by atoms with E-state index < -0.39 is 9.84 Å². The molecule has 1 fully saturated rings. The smallest absolute Gasteiger partial charge is 0.233 e. The SMILES string of the molecule is CC(Sc1ccccc1Cl)C(=O)NCC1CCS(=O)(=O)C1. The van der Waals surface area contributed by atoms with Gasteiger partial charge in [0.1, 0.15) is 0 Å². The van der Waals surface area contributed by atoms with Gasteiger partial charge in [-0.05, 0) is 31.4 Å². The van der Waals surface area contributed by atoms with Crippen molar-refractivity contribution in [3.05, 3.63) is 29.3 Å². The molecule has 1 heterocycles. The fourth-order valence-corrected chi connectivity index (χ4v) is 5.25. The fourth-order valence-electron chi connectivity index (χ4n) is 2.21. The van der Waals surface area contributed by atoms with Gasteiger partial charge in [0.25, 0.3) is 0 Å². The second-order valence-electron chi connectivity index (χ2n) is 5.20. The Morgan fingerprint density at radius 3 is 2.81 bits per heavy atom. The van der Waals surface area contributed by atoms with Crippen molar-refractivity contribution in [3.63, 3.8) is 0 Å². The molecule has 1 aliphatic heterocycles. The van der Waals surface area contributed by atoms with E-state index in [1.807, 2.05) is 25.1 Å². The molecule has 0 bridgehead atoms. The highest BCUT2D eigenvalue weighted by molar-refractivity contribution is 8.00. The zero-order chi connectivity index (χ0) is 15.5. The normalized spacial score (nSPS) is 21.9. The molecule has 1 aromatic carbocycles. The Hall–Kier alpha value is -0.720. The molecule has 0 spiro atoms. The van der Waals surface area contributed by atoms with Gasteiger partial charge >= 0.3 is 0 Å². The molecule has 0 saturated carbocycles. The molecule has 7 heteroatoms. The highest BCUT2D eigenvalue weighted by atomic mass is 35.5. The van der Waals surface area contributed by atoms with Crippen LogP contribution in [0.15, 0.2) is 29.2 Å². The summed E-state index contributed by atoms with van der Waals surface area (Å²) < 4.78 is 22.7. The highest BCUT2D eigenvalue weighted by Crippen LogP contribution is 2.30. The minimum Gasteiger partial charge on any atom is -0.355 e. The summed E-state index contributed by atoms with van der Waals surface area (Å²) in [6.07, 6.45) is 0.634. The van der Waals surface area contributed by atoms with Gasteiger partial charge in [-0.1, -0.05) is 23.7 Å². The van der Waals surface area contributed by atoms with Gasteiger partial charge < -0.3 is 5.32 Å². The van der Waals surface area contributed by atoms with E-state index in [4.69, 9.17) is 11.6 Å². The quantitative estimate of drug-likeness (QED) is 0.830. The van der Waals surface area contributed by atoms with Crippen LogP contribution in [0.2, 0.25) is 5.02 Å². The van der Waals surface area contributed by atoms with Gasteiger partial charge in [0, 0.05) is 11.4 Å². The van der Waals surface area contributed by atoms with E-state index in [0.29, 0.717) is 18.0 Å². The van der Waals surface area contributed by atoms with Crippen molar-refractivity contribution >= 4 is 39.1 Å². The van der Waals surface area contributed by atoms with Gasteiger partial charge in [0.15, 0.2) is 9.84 Å². The van der Waals surface area contributed by atoms with Crippen molar-refractivity contribution in [2.75, 3.05) is 18.1 Å². The molecule has 116 valence electrons. The van der Waals surface area contributed by atoms with E-state index in [1.54, 1.807) is 6.07 Å². The lowest BCUT2D eigenvalue weighted by Gasteiger charge is -2.14. The Bertz CT molecular complexity index is 618. The fraction of sp³-hybridized carbons (Fsp3) is 0.500. The van der Waals surface area contributed by atoms with Crippen molar-refractivity contribution in [1.29, 1.82) is 0 Å². The zero-order valence-corrected chi connectivity index (χ0v) is 14.1.